The summed E-state index contributed by atoms with van der Waals surface area (Å²) in [6.07, 6.45) is 0.518. The van der Waals surface area contributed by atoms with Crippen molar-refractivity contribution in [1.29, 1.82) is 0 Å². The number of hydrogen-bond donors (Lipinski definition) is 2. The first-order valence-corrected chi connectivity index (χ1v) is 9.50. The first-order chi connectivity index (χ1) is 14.0. The number of anilines is 2. The SMILES string of the molecule is CCc1nc(C(=O)Nc2ccc3c(c2)NC(=O)CO3)nn1-c1c(Cl)cccc1Cl. The van der Waals surface area contributed by atoms with Gasteiger partial charge in [0.05, 0.1) is 15.7 Å². The molecule has 1 aliphatic rings. The fraction of sp³-hybridized carbons (Fsp3) is 0.158. The molecule has 0 radical (unpaired) electrons. The molecule has 0 aliphatic carbocycles. The van der Waals surface area contributed by atoms with Gasteiger partial charge in [-0.3, -0.25) is 9.59 Å². The summed E-state index contributed by atoms with van der Waals surface area (Å²) >= 11 is 12.5. The molecule has 8 nitrogen and oxygen atoms in total. The molecule has 2 N–H and O–H groups in total. The molecule has 3 aromatic rings. The Morgan fingerprint density at radius 1 is 1.28 bits per heavy atom. The lowest BCUT2D eigenvalue weighted by atomic mass is 10.2. The Balaban J connectivity index is 1.63. The van der Waals surface area contributed by atoms with Gasteiger partial charge in [0.1, 0.15) is 17.3 Å². The largest absolute Gasteiger partial charge is 0.482 e. The summed E-state index contributed by atoms with van der Waals surface area (Å²) in [5, 5.41) is 10.5. The number of carbonyl (C=O) groups is 2. The maximum atomic E-state index is 12.7. The maximum Gasteiger partial charge on any atom is 0.295 e. The van der Waals surface area contributed by atoms with Crippen LogP contribution in [0.25, 0.3) is 5.69 Å². The lowest BCUT2D eigenvalue weighted by molar-refractivity contribution is -0.118. The van der Waals surface area contributed by atoms with Crippen LogP contribution in [0, 0.1) is 0 Å². The zero-order valence-electron chi connectivity index (χ0n) is 15.2. The molecule has 0 bridgehead atoms. The quantitative estimate of drug-likeness (QED) is 0.655. The normalized spacial score (nSPS) is 12.7. The standard InChI is InChI=1S/C19H15Cl2N5O3/c1-2-15-24-18(25-26(15)17-11(20)4-3-5-12(17)21)19(28)22-10-6-7-14-13(8-10)23-16(27)9-29-14/h3-8H,2,9H2,1H3,(H,22,28)(H,23,27). The van der Waals surface area contributed by atoms with Crippen molar-refractivity contribution < 1.29 is 14.3 Å². The predicted octanol–water partition coefficient (Wildman–Crippen LogP) is 3.72. The number of nitrogens with zero attached hydrogens (tertiary/aromatic N) is 3. The van der Waals surface area contributed by atoms with E-state index in [2.05, 4.69) is 20.7 Å². The van der Waals surface area contributed by atoms with E-state index in [1.54, 1.807) is 36.4 Å². The molecule has 29 heavy (non-hydrogen) atoms. The minimum atomic E-state index is -0.510. The molecule has 4 rings (SSSR count). The number of nitrogens with one attached hydrogen (secondary N) is 2. The number of para-hydroxylation sites is 1. The summed E-state index contributed by atoms with van der Waals surface area (Å²) in [5.41, 5.74) is 1.41. The molecule has 0 atom stereocenters. The number of fused-ring (bicyclic) bond motifs is 1. The molecule has 2 amide bonds. The molecule has 10 heteroatoms. The van der Waals surface area contributed by atoms with E-state index in [0.717, 1.165) is 0 Å². The van der Waals surface area contributed by atoms with E-state index in [9.17, 15) is 9.59 Å². The van der Waals surface area contributed by atoms with Crippen molar-refractivity contribution >= 4 is 46.4 Å². The smallest absolute Gasteiger partial charge is 0.295 e. The van der Waals surface area contributed by atoms with E-state index in [-0.39, 0.29) is 18.3 Å². The van der Waals surface area contributed by atoms with Crippen LogP contribution in [0.15, 0.2) is 36.4 Å². The van der Waals surface area contributed by atoms with Crippen molar-refractivity contribution in [3.63, 3.8) is 0 Å². The van der Waals surface area contributed by atoms with E-state index in [1.165, 1.54) is 4.68 Å². The van der Waals surface area contributed by atoms with E-state index in [1.807, 2.05) is 6.92 Å². The molecule has 1 aliphatic heterocycles. The van der Waals surface area contributed by atoms with Gasteiger partial charge < -0.3 is 15.4 Å². The molecule has 148 valence electrons. The summed E-state index contributed by atoms with van der Waals surface area (Å²) in [6.45, 7) is 1.85. The summed E-state index contributed by atoms with van der Waals surface area (Å²) in [7, 11) is 0. The van der Waals surface area contributed by atoms with Crippen LogP contribution in [0.2, 0.25) is 10.0 Å². The Kier molecular flexibility index (Phi) is 5.12. The average Bonchev–Trinajstić information content (AvgIpc) is 3.11. The maximum absolute atomic E-state index is 12.7. The number of rotatable bonds is 4. The topological polar surface area (TPSA) is 98.1 Å². The Morgan fingerprint density at radius 2 is 2.03 bits per heavy atom. The summed E-state index contributed by atoms with van der Waals surface area (Å²) in [5.74, 6) is 0.272. The van der Waals surface area contributed by atoms with Crippen molar-refractivity contribution in [2.24, 2.45) is 0 Å². The van der Waals surface area contributed by atoms with E-state index in [0.29, 0.717) is 45.1 Å². The molecule has 2 aromatic carbocycles. The molecule has 2 heterocycles. The van der Waals surface area contributed by atoms with Crippen molar-refractivity contribution in [2.75, 3.05) is 17.2 Å². The molecule has 1 aromatic heterocycles. The fourth-order valence-corrected chi connectivity index (χ4v) is 3.45. The first kappa shape index (κ1) is 19.2. The van der Waals surface area contributed by atoms with Gasteiger partial charge in [-0.05, 0) is 30.3 Å². The summed E-state index contributed by atoms with van der Waals surface area (Å²) < 4.78 is 6.78. The van der Waals surface area contributed by atoms with Crippen LogP contribution >= 0.6 is 23.2 Å². The highest BCUT2D eigenvalue weighted by atomic mass is 35.5. The number of benzene rings is 2. The number of aryl methyl sites for hydroxylation is 1. The van der Waals surface area contributed by atoms with Crippen LogP contribution in [-0.4, -0.2) is 33.2 Å². The molecule has 0 saturated carbocycles. The Hall–Kier alpha value is -3.10. The first-order valence-electron chi connectivity index (χ1n) is 8.74. The molecule has 0 saturated heterocycles. The second-order valence-electron chi connectivity index (χ2n) is 6.19. The third-order valence-corrected chi connectivity index (χ3v) is 4.82. The molecule has 0 unspecified atom stereocenters. The average molecular weight is 432 g/mol. The third-order valence-electron chi connectivity index (χ3n) is 4.21. The summed E-state index contributed by atoms with van der Waals surface area (Å²) in [6, 6.07) is 10.0. The Morgan fingerprint density at radius 3 is 2.76 bits per heavy atom. The summed E-state index contributed by atoms with van der Waals surface area (Å²) in [4.78, 5) is 28.5. The number of carbonyl (C=O) groups excluding carboxylic acids is 2. The highest BCUT2D eigenvalue weighted by Crippen LogP contribution is 2.31. The molecule has 0 spiro atoms. The van der Waals surface area contributed by atoms with Gasteiger partial charge in [0.2, 0.25) is 5.82 Å². The monoisotopic (exact) mass is 431 g/mol. The number of aromatic nitrogens is 3. The lowest BCUT2D eigenvalue weighted by Gasteiger charge is -2.18. The number of halogens is 2. The lowest BCUT2D eigenvalue weighted by Crippen LogP contribution is -2.25. The Bertz CT molecular complexity index is 1110. The van der Waals surface area contributed by atoms with E-state index in [4.69, 9.17) is 27.9 Å². The van der Waals surface area contributed by atoms with Crippen molar-refractivity contribution in [2.45, 2.75) is 13.3 Å². The van der Waals surface area contributed by atoms with Gasteiger partial charge in [-0.1, -0.05) is 36.2 Å². The minimum absolute atomic E-state index is 0.0316. The fourth-order valence-electron chi connectivity index (χ4n) is 2.89. The van der Waals surface area contributed by atoms with Gasteiger partial charge in [-0.15, -0.1) is 5.10 Å². The van der Waals surface area contributed by atoms with Gasteiger partial charge in [-0.25, -0.2) is 9.67 Å². The van der Waals surface area contributed by atoms with Gasteiger partial charge in [0, 0.05) is 12.1 Å². The Labute approximate surface area is 175 Å². The second kappa shape index (κ2) is 7.73. The van der Waals surface area contributed by atoms with E-state index >= 15 is 0 Å². The number of amides is 2. The zero-order chi connectivity index (χ0) is 20.5. The van der Waals surface area contributed by atoms with Gasteiger partial charge in [0.15, 0.2) is 6.61 Å². The van der Waals surface area contributed by atoms with Crippen molar-refractivity contribution in [1.82, 2.24) is 14.8 Å². The molecular formula is C19H15Cl2N5O3. The highest BCUT2D eigenvalue weighted by molar-refractivity contribution is 6.37. The third kappa shape index (κ3) is 3.76. The molecule has 0 fully saturated rings. The highest BCUT2D eigenvalue weighted by Gasteiger charge is 2.21. The van der Waals surface area contributed by atoms with Crippen LogP contribution in [-0.2, 0) is 11.2 Å². The number of hydrogen-bond acceptors (Lipinski definition) is 5. The van der Waals surface area contributed by atoms with Crippen LogP contribution in [0.1, 0.15) is 23.4 Å². The number of ether oxygens (including phenoxy) is 1. The minimum Gasteiger partial charge on any atom is -0.482 e. The predicted molar refractivity (Wildman–Crippen MR) is 109 cm³/mol. The van der Waals surface area contributed by atoms with Gasteiger partial charge in [0.25, 0.3) is 11.8 Å². The second-order valence-corrected chi connectivity index (χ2v) is 7.00. The van der Waals surface area contributed by atoms with Crippen molar-refractivity contribution in [3.05, 3.63) is 58.1 Å². The van der Waals surface area contributed by atoms with Crippen LogP contribution in [0.4, 0.5) is 11.4 Å². The van der Waals surface area contributed by atoms with Crippen molar-refractivity contribution in [3.8, 4) is 11.4 Å². The van der Waals surface area contributed by atoms with Crippen LogP contribution in [0.5, 0.6) is 5.75 Å². The van der Waals surface area contributed by atoms with Gasteiger partial charge in [-0.2, -0.15) is 0 Å². The van der Waals surface area contributed by atoms with E-state index < -0.39 is 5.91 Å². The van der Waals surface area contributed by atoms with Crippen LogP contribution < -0.4 is 15.4 Å². The van der Waals surface area contributed by atoms with Gasteiger partial charge >= 0.3 is 0 Å². The molecular weight excluding hydrogens is 417 g/mol. The van der Waals surface area contributed by atoms with Crippen LogP contribution in [0.3, 0.4) is 0 Å². The zero-order valence-corrected chi connectivity index (χ0v) is 16.7.